The van der Waals surface area contributed by atoms with Gasteiger partial charge in [-0.05, 0) is 12.1 Å². The Morgan fingerprint density at radius 3 is 2.77 bits per heavy atom. The molecule has 0 aliphatic heterocycles. The number of nitriles is 1. The minimum absolute atomic E-state index is 0.0634. The van der Waals surface area contributed by atoms with Gasteiger partial charge >= 0.3 is 6.09 Å². The summed E-state index contributed by atoms with van der Waals surface area (Å²) in [5, 5.41) is 17.6. The van der Waals surface area contributed by atoms with Gasteiger partial charge < -0.3 is 15.6 Å². The van der Waals surface area contributed by atoms with E-state index in [1.54, 1.807) is 0 Å². The average Bonchev–Trinajstić information content (AvgIpc) is 2.08. The van der Waals surface area contributed by atoms with Crippen LogP contribution in [0, 0.1) is 11.3 Å². The minimum atomic E-state index is -1.01. The number of primary amides is 1. The Hall–Kier alpha value is -2.22. The fraction of sp³-hybridized carbons (Fsp3) is 0. The minimum Gasteiger partial charge on any atom is -0.504 e. The lowest BCUT2D eigenvalue weighted by molar-refractivity contribution is 0.209. The number of nitrogens with two attached hydrogens (primary N) is 1. The molecule has 0 saturated carbocycles. The molecule has 1 aromatic rings. The molecule has 0 aliphatic carbocycles. The average molecular weight is 178 g/mol. The standard InChI is InChI=1S/C8H6N2O3/c9-4-5-1-2-7(6(11)3-5)13-8(10)12/h1-3,11H,(H2,10,12). The van der Waals surface area contributed by atoms with Gasteiger partial charge in [0.25, 0.3) is 0 Å². The molecule has 0 saturated heterocycles. The number of amides is 1. The highest BCUT2D eigenvalue weighted by molar-refractivity contribution is 5.69. The van der Waals surface area contributed by atoms with E-state index in [4.69, 9.17) is 11.0 Å². The van der Waals surface area contributed by atoms with E-state index in [9.17, 15) is 9.90 Å². The van der Waals surface area contributed by atoms with E-state index in [1.807, 2.05) is 6.07 Å². The Balaban J connectivity index is 3.00. The Kier molecular flexibility index (Phi) is 2.36. The Bertz CT molecular complexity index is 381. The lowest BCUT2D eigenvalue weighted by atomic mass is 10.2. The topological polar surface area (TPSA) is 96.3 Å². The predicted octanol–water partition coefficient (Wildman–Crippen LogP) is 0.721. The summed E-state index contributed by atoms with van der Waals surface area (Å²) >= 11 is 0. The van der Waals surface area contributed by atoms with Crippen LogP contribution in [0.4, 0.5) is 4.79 Å². The number of rotatable bonds is 1. The molecule has 1 amide bonds. The summed E-state index contributed by atoms with van der Waals surface area (Å²) in [7, 11) is 0. The molecule has 1 aromatic carbocycles. The van der Waals surface area contributed by atoms with Gasteiger partial charge in [-0.1, -0.05) is 0 Å². The molecule has 0 heterocycles. The molecule has 13 heavy (non-hydrogen) atoms. The molecule has 5 nitrogen and oxygen atoms in total. The third kappa shape index (κ3) is 2.10. The first-order chi connectivity index (χ1) is 6.13. The first kappa shape index (κ1) is 8.87. The van der Waals surface area contributed by atoms with E-state index in [-0.39, 0.29) is 17.1 Å². The Morgan fingerprint density at radius 1 is 1.62 bits per heavy atom. The molecular weight excluding hydrogens is 172 g/mol. The summed E-state index contributed by atoms with van der Waals surface area (Å²) in [6.07, 6.45) is -1.01. The van der Waals surface area contributed by atoms with Crippen molar-refractivity contribution in [3.8, 4) is 17.6 Å². The van der Waals surface area contributed by atoms with Crippen molar-refractivity contribution in [2.45, 2.75) is 0 Å². The third-order valence-corrected chi connectivity index (χ3v) is 1.30. The van der Waals surface area contributed by atoms with Gasteiger partial charge in [-0.3, -0.25) is 0 Å². The SMILES string of the molecule is N#Cc1ccc(OC(N)=O)c(O)c1. The zero-order valence-corrected chi connectivity index (χ0v) is 6.52. The van der Waals surface area contributed by atoms with Crippen molar-refractivity contribution in [2.75, 3.05) is 0 Å². The van der Waals surface area contributed by atoms with Gasteiger partial charge in [0, 0.05) is 6.07 Å². The van der Waals surface area contributed by atoms with Gasteiger partial charge in [0.2, 0.25) is 0 Å². The fourth-order valence-electron chi connectivity index (χ4n) is 0.782. The lowest BCUT2D eigenvalue weighted by Gasteiger charge is -2.02. The zero-order chi connectivity index (χ0) is 9.84. The number of nitrogens with zero attached hydrogens (tertiary/aromatic N) is 1. The van der Waals surface area contributed by atoms with E-state index < -0.39 is 6.09 Å². The van der Waals surface area contributed by atoms with Crippen molar-refractivity contribution in [1.29, 1.82) is 5.26 Å². The molecule has 0 aromatic heterocycles. The first-order valence-corrected chi connectivity index (χ1v) is 3.34. The van der Waals surface area contributed by atoms with Crippen LogP contribution in [0.2, 0.25) is 0 Å². The zero-order valence-electron chi connectivity index (χ0n) is 6.52. The van der Waals surface area contributed by atoms with Crippen molar-refractivity contribution in [2.24, 2.45) is 5.73 Å². The number of carbonyl (C=O) groups excluding carboxylic acids is 1. The highest BCUT2D eigenvalue weighted by atomic mass is 16.6. The Labute approximate surface area is 74.0 Å². The summed E-state index contributed by atoms with van der Waals surface area (Å²) in [5.74, 6) is -0.357. The number of phenols is 1. The predicted molar refractivity (Wildman–Crippen MR) is 43.0 cm³/mol. The number of ether oxygens (including phenoxy) is 1. The van der Waals surface area contributed by atoms with E-state index in [1.165, 1.54) is 18.2 Å². The van der Waals surface area contributed by atoms with Crippen LogP contribution in [0.1, 0.15) is 5.56 Å². The molecule has 5 heteroatoms. The fourth-order valence-corrected chi connectivity index (χ4v) is 0.782. The van der Waals surface area contributed by atoms with E-state index >= 15 is 0 Å². The molecule has 0 atom stereocenters. The molecular formula is C8H6N2O3. The third-order valence-electron chi connectivity index (χ3n) is 1.30. The quantitative estimate of drug-likeness (QED) is 0.662. The largest absolute Gasteiger partial charge is 0.504 e. The normalized spacial score (nSPS) is 8.85. The maximum absolute atomic E-state index is 10.3. The lowest BCUT2D eigenvalue weighted by Crippen LogP contribution is -2.16. The second-order valence-corrected chi connectivity index (χ2v) is 2.22. The van der Waals surface area contributed by atoms with E-state index in [0.29, 0.717) is 0 Å². The molecule has 3 N–H and O–H groups in total. The van der Waals surface area contributed by atoms with Crippen molar-refractivity contribution in [1.82, 2.24) is 0 Å². The van der Waals surface area contributed by atoms with Crippen LogP contribution >= 0.6 is 0 Å². The number of hydrogen-bond donors (Lipinski definition) is 2. The Morgan fingerprint density at radius 2 is 2.31 bits per heavy atom. The summed E-state index contributed by atoms with van der Waals surface area (Å²) in [6.45, 7) is 0. The summed E-state index contributed by atoms with van der Waals surface area (Å²) < 4.78 is 4.42. The van der Waals surface area contributed by atoms with Crippen LogP contribution in [0.25, 0.3) is 0 Å². The smallest absolute Gasteiger partial charge is 0.410 e. The highest BCUT2D eigenvalue weighted by Crippen LogP contribution is 2.26. The monoisotopic (exact) mass is 178 g/mol. The second kappa shape index (κ2) is 3.45. The summed E-state index contributed by atoms with van der Waals surface area (Å²) in [4.78, 5) is 10.3. The summed E-state index contributed by atoms with van der Waals surface area (Å²) in [5.41, 5.74) is 5.00. The van der Waals surface area contributed by atoms with Crippen LogP contribution in [0.3, 0.4) is 0 Å². The van der Waals surface area contributed by atoms with Crippen LogP contribution < -0.4 is 10.5 Å². The van der Waals surface area contributed by atoms with Gasteiger partial charge in [0.05, 0.1) is 11.6 Å². The van der Waals surface area contributed by atoms with Crippen LogP contribution in [-0.2, 0) is 0 Å². The number of phenolic OH excluding ortho intramolecular Hbond substituents is 1. The molecule has 66 valence electrons. The van der Waals surface area contributed by atoms with Gasteiger partial charge in [-0.25, -0.2) is 4.79 Å². The molecule has 0 aliphatic rings. The number of carbonyl (C=O) groups is 1. The van der Waals surface area contributed by atoms with E-state index in [0.717, 1.165) is 0 Å². The molecule has 1 rings (SSSR count). The maximum atomic E-state index is 10.3. The number of hydrogen-bond acceptors (Lipinski definition) is 4. The van der Waals surface area contributed by atoms with Gasteiger partial charge in [0.15, 0.2) is 11.5 Å². The first-order valence-electron chi connectivity index (χ1n) is 3.34. The maximum Gasteiger partial charge on any atom is 0.410 e. The molecule has 0 spiro atoms. The molecule has 0 radical (unpaired) electrons. The van der Waals surface area contributed by atoms with Crippen molar-refractivity contribution < 1.29 is 14.6 Å². The van der Waals surface area contributed by atoms with Crippen LogP contribution in [-0.4, -0.2) is 11.2 Å². The number of benzene rings is 1. The van der Waals surface area contributed by atoms with Gasteiger partial charge in [-0.2, -0.15) is 5.26 Å². The van der Waals surface area contributed by atoms with Gasteiger partial charge in [0.1, 0.15) is 0 Å². The van der Waals surface area contributed by atoms with E-state index in [2.05, 4.69) is 4.74 Å². The van der Waals surface area contributed by atoms with Crippen LogP contribution in [0.5, 0.6) is 11.5 Å². The van der Waals surface area contributed by atoms with Gasteiger partial charge in [-0.15, -0.1) is 0 Å². The second-order valence-electron chi connectivity index (χ2n) is 2.22. The van der Waals surface area contributed by atoms with Crippen molar-refractivity contribution >= 4 is 6.09 Å². The summed E-state index contributed by atoms with van der Waals surface area (Å²) in [6, 6.07) is 5.69. The molecule has 0 bridgehead atoms. The molecule has 0 unspecified atom stereocenters. The highest BCUT2D eigenvalue weighted by Gasteiger charge is 2.05. The van der Waals surface area contributed by atoms with Crippen molar-refractivity contribution in [3.05, 3.63) is 23.8 Å². The van der Waals surface area contributed by atoms with Crippen LogP contribution in [0.15, 0.2) is 18.2 Å². The van der Waals surface area contributed by atoms with Crippen molar-refractivity contribution in [3.63, 3.8) is 0 Å². The number of aromatic hydroxyl groups is 1. The molecule has 0 fully saturated rings.